The fraction of sp³-hybridized carbons (Fsp3) is 0.562. The quantitative estimate of drug-likeness (QED) is 0.815. The van der Waals surface area contributed by atoms with E-state index in [2.05, 4.69) is 36.2 Å². The van der Waals surface area contributed by atoms with Gasteiger partial charge in [0.25, 0.3) is 0 Å². The van der Waals surface area contributed by atoms with Crippen LogP contribution in [0.2, 0.25) is 0 Å². The summed E-state index contributed by atoms with van der Waals surface area (Å²) in [7, 11) is 0. The molecule has 2 rings (SSSR count). The zero-order valence-corrected chi connectivity index (χ0v) is 11.9. The highest BCUT2D eigenvalue weighted by atomic mass is 16.2. The normalized spacial score (nSPS) is 21.4. The molecular formula is C16H24N2O. The number of hydrogen-bond acceptors (Lipinski definition) is 2. The summed E-state index contributed by atoms with van der Waals surface area (Å²) in [5.41, 5.74) is 1.30. The van der Waals surface area contributed by atoms with E-state index in [0.717, 1.165) is 32.6 Å². The smallest absolute Gasteiger partial charge is 0.223 e. The summed E-state index contributed by atoms with van der Waals surface area (Å²) in [5.74, 6) is 0.856. The second kappa shape index (κ2) is 6.71. The van der Waals surface area contributed by atoms with Gasteiger partial charge in [-0.3, -0.25) is 4.79 Å². The molecule has 0 radical (unpaired) electrons. The Kier molecular flexibility index (Phi) is 4.97. The number of benzene rings is 1. The molecule has 0 aliphatic heterocycles. The lowest BCUT2D eigenvalue weighted by atomic mass is 10.1. The third kappa shape index (κ3) is 3.80. The van der Waals surface area contributed by atoms with E-state index < -0.39 is 0 Å². The summed E-state index contributed by atoms with van der Waals surface area (Å²) in [6.45, 7) is 8.10. The molecule has 1 aliphatic rings. The highest BCUT2D eigenvalue weighted by molar-refractivity contribution is 5.82. The lowest BCUT2D eigenvalue weighted by molar-refractivity contribution is -0.122. The molecule has 104 valence electrons. The van der Waals surface area contributed by atoms with Crippen LogP contribution in [-0.4, -0.2) is 37.0 Å². The molecule has 2 atom stereocenters. The van der Waals surface area contributed by atoms with Gasteiger partial charge in [0.05, 0.1) is 0 Å². The third-order valence-corrected chi connectivity index (χ3v) is 3.98. The average molecular weight is 260 g/mol. The first kappa shape index (κ1) is 14.1. The first-order chi connectivity index (χ1) is 9.26. The Bertz CT molecular complexity index is 400. The predicted octanol–water partition coefficient (Wildman–Crippen LogP) is 2.25. The Balaban J connectivity index is 1.71. The molecule has 0 saturated heterocycles. The van der Waals surface area contributed by atoms with Crippen molar-refractivity contribution in [1.82, 2.24) is 10.2 Å². The molecule has 3 nitrogen and oxygen atoms in total. The maximum Gasteiger partial charge on any atom is 0.223 e. The van der Waals surface area contributed by atoms with Crippen molar-refractivity contribution in [2.75, 3.05) is 26.2 Å². The van der Waals surface area contributed by atoms with Crippen LogP contribution < -0.4 is 5.32 Å². The fourth-order valence-electron chi connectivity index (χ4n) is 2.56. The minimum Gasteiger partial charge on any atom is -0.355 e. The third-order valence-electron chi connectivity index (χ3n) is 3.98. The summed E-state index contributed by atoms with van der Waals surface area (Å²) in [5, 5.41) is 3.06. The highest BCUT2D eigenvalue weighted by Gasteiger charge is 2.43. The number of hydrogen-bond donors (Lipinski definition) is 1. The van der Waals surface area contributed by atoms with Crippen molar-refractivity contribution in [1.29, 1.82) is 0 Å². The van der Waals surface area contributed by atoms with Crippen molar-refractivity contribution in [3.8, 4) is 0 Å². The van der Waals surface area contributed by atoms with Crippen LogP contribution in [0.3, 0.4) is 0 Å². The van der Waals surface area contributed by atoms with Crippen molar-refractivity contribution in [3.05, 3.63) is 35.9 Å². The van der Waals surface area contributed by atoms with E-state index in [4.69, 9.17) is 0 Å². The van der Waals surface area contributed by atoms with E-state index in [-0.39, 0.29) is 11.8 Å². The van der Waals surface area contributed by atoms with Crippen molar-refractivity contribution in [3.63, 3.8) is 0 Å². The molecule has 1 fully saturated rings. The van der Waals surface area contributed by atoms with Gasteiger partial charge in [-0.15, -0.1) is 0 Å². The summed E-state index contributed by atoms with van der Waals surface area (Å²) < 4.78 is 0. The van der Waals surface area contributed by atoms with Crippen molar-refractivity contribution >= 4 is 5.91 Å². The first-order valence-corrected chi connectivity index (χ1v) is 7.31. The van der Waals surface area contributed by atoms with Gasteiger partial charge in [0.2, 0.25) is 5.91 Å². The fourth-order valence-corrected chi connectivity index (χ4v) is 2.56. The van der Waals surface area contributed by atoms with Gasteiger partial charge in [-0.05, 0) is 31.0 Å². The van der Waals surface area contributed by atoms with Crippen molar-refractivity contribution < 1.29 is 4.79 Å². The van der Waals surface area contributed by atoms with Crippen LogP contribution in [0.5, 0.6) is 0 Å². The lowest BCUT2D eigenvalue weighted by Gasteiger charge is -2.17. The van der Waals surface area contributed by atoms with E-state index in [1.165, 1.54) is 5.56 Å². The number of likely N-dealkylation sites (N-methyl/N-ethyl adjacent to an activating group) is 1. The molecule has 1 aromatic carbocycles. The summed E-state index contributed by atoms with van der Waals surface area (Å²) in [4.78, 5) is 14.3. The number of amides is 1. The zero-order chi connectivity index (χ0) is 13.7. The predicted molar refractivity (Wildman–Crippen MR) is 78.1 cm³/mol. The van der Waals surface area contributed by atoms with E-state index >= 15 is 0 Å². The van der Waals surface area contributed by atoms with Crippen LogP contribution in [0, 0.1) is 5.92 Å². The van der Waals surface area contributed by atoms with Gasteiger partial charge in [-0.2, -0.15) is 0 Å². The van der Waals surface area contributed by atoms with Crippen molar-refractivity contribution in [2.24, 2.45) is 5.92 Å². The molecule has 0 bridgehead atoms. The van der Waals surface area contributed by atoms with Crippen LogP contribution in [-0.2, 0) is 4.79 Å². The summed E-state index contributed by atoms with van der Waals surface area (Å²) in [6, 6.07) is 10.3. The molecule has 0 heterocycles. The Hall–Kier alpha value is -1.35. The average Bonchev–Trinajstić information content (AvgIpc) is 3.25. The number of rotatable bonds is 7. The number of nitrogens with zero attached hydrogens (tertiary/aromatic N) is 1. The SMILES string of the molecule is CCN(CC)CCNC(=O)[C@@H]1C[C@H]1c1ccccc1. The van der Waals surface area contributed by atoms with Crippen molar-refractivity contribution in [2.45, 2.75) is 26.2 Å². The highest BCUT2D eigenvalue weighted by Crippen LogP contribution is 2.47. The van der Waals surface area contributed by atoms with Crippen LogP contribution in [0.1, 0.15) is 31.7 Å². The number of nitrogens with one attached hydrogen (secondary N) is 1. The van der Waals surface area contributed by atoms with E-state index in [1.807, 2.05) is 18.2 Å². The van der Waals surface area contributed by atoms with Gasteiger partial charge in [-0.1, -0.05) is 44.2 Å². The molecule has 0 spiro atoms. The van der Waals surface area contributed by atoms with E-state index in [9.17, 15) is 4.79 Å². The van der Waals surface area contributed by atoms with E-state index in [0.29, 0.717) is 5.92 Å². The Morgan fingerprint density at radius 2 is 1.95 bits per heavy atom. The maximum absolute atomic E-state index is 12.0. The van der Waals surface area contributed by atoms with Crippen LogP contribution in [0.15, 0.2) is 30.3 Å². The molecule has 1 N–H and O–H groups in total. The minimum atomic E-state index is 0.194. The lowest BCUT2D eigenvalue weighted by Crippen LogP contribution is -2.35. The topological polar surface area (TPSA) is 32.3 Å². The molecule has 1 saturated carbocycles. The Labute approximate surface area is 116 Å². The summed E-state index contributed by atoms with van der Waals surface area (Å²) in [6.07, 6.45) is 1.00. The molecule has 1 amide bonds. The van der Waals surface area contributed by atoms with Crippen LogP contribution in [0.25, 0.3) is 0 Å². The molecular weight excluding hydrogens is 236 g/mol. The molecule has 3 heteroatoms. The first-order valence-electron chi connectivity index (χ1n) is 7.31. The maximum atomic E-state index is 12.0. The molecule has 1 aliphatic carbocycles. The van der Waals surface area contributed by atoms with Gasteiger partial charge in [-0.25, -0.2) is 0 Å². The second-order valence-electron chi connectivity index (χ2n) is 5.18. The minimum absolute atomic E-state index is 0.194. The Morgan fingerprint density at radius 1 is 1.26 bits per heavy atom. The molecule has 1 aromatic rings. The molecule has 19 heavy (non-hydrogen) atoms. The van der Waals surface area contributed by atoms with Gasteiger partial charge < -0.3 is 10.2 Å². The molecule has 0 unspecified atom stereocenters. The van der Waals surface area contributed by atoms with Gasteiger partial charge in [0.1, 0.15) is 0 Å². The zero-order valence-electron chi connectivity index (χ0n) is 11.9. The van der Waals surface area contributed by atoms with E-state index in [1.54, 1.807) is 0 Å². The van der Waals surface area contributed by atoms with Gasteiger partial charge in [0, 0.05) is 19.0 Å². The summed E-state index contributed by atoms with van der Waals surface area (Å²) >= 11 is 0. The number of carbonyl (C=O) groups excluding carboxylic acids is 1. The second-order valence-corrected chi connectivity index (χ2v) is 5.18. The van der Waals surface area contributed by atoms with Crippen LogP contribution >= 0.6 is 0 Å². The van der Waals surface area contributed by atoms with Gasteiger partial charge >= 0.3 is 0 Å². The Morgan fingerprint density at radius 3 is 2.58 bits per heavy atom. The van der Waals surface area contributed by atoms with Gasteiger partial charge in [0.15, 0.2) is 0 Å². The monoisotopic (exact) mass is 260 g/mol. The standard InChI is InChI=1S/C16H24N2O/c1-3-18(4-2)11-10-17-16(19)15-12-14(15)13-8-6-5-7-9-13/h5-9,14-15H,3-4,10-12H2,1-2H3,(H,17,19)/t14-,15+/m0/s1. The van der Waals surface area contributed by atoms with Crippen LogP contribution in [0.4, 0.5) is 0 Å². The molecule has 0 aromatic heterocycles. The largest absolute Gasteiger partial charge is 0.355 e. The number of carbonyl (C=O) groups is 1.